The third kappa shape index (κ3) is 4.28. The molecule has 0 radical (unpaired) electrons. The molecule has 11 nitrogen and oxygen atoms in total. The maximum Gasteiger partial charge on any atom is 0.373 e. The van der Waals surface area contributed by atoms with Gasteiger partial charge < -0.3 is 23.7 Å². The predicted molar refractivity (Wildman–Crippen MR) is 114 cm³/mol. The van der Waals surface area contributed by atoms with Crippen LogP contribution in [0.1, 0.15) is 10.6 Å². The number of hydrogen-bond donors (Lipinski definition) is 0. The van der Waals surface area contributed by atoms with E-state index in [0.29, 0.717) is 37.0 Å². The van der Waals surface area contributed by atoms with Gasteiger partial charge in [-0.15, -0.1) is 0 Å². The number of nitrogens with zero attached hydrogens (tertiary/aromatic N) is 5. The third-order valence-electron chi connectivity index (χ3n) is 4.88. The molecule has 0 bridgehead atoms. The van der Waals surface area contributed by atoms with E-state index in [1.807, 2.05) is 0 Å². The summed E-state index contributed by atoms with van der Waals surface area (Å²) in [4.78, 5) is 35.2. The van der Waals surface area contributed by atoms with E-state index in [9.17, 15) is 14.9 Å². The van der Waals surface area contributed by atoms with Gasteiger partial charge in [-0.3, -0.25) is 14.9 Å². The van der Waals surface area contributed by atoms with Crippen molar-refractivity contribution in [3.05, 3.63) is 63.8 Å². The zero-order valence-electron chi connectivity index (χ0n) is 16.9. The second kappa shape index (κ2) is 9.10. The SMILES string of the molecule is COc1cc(Cl)ccc1Oc1ncnc(N2CCN(C(=O)c3ccco3)CC2)c1[N+](=O)[O-]. The van der Waals surface area contributed by atoms with Crippen LogP contribution in [0.25, 0.3) is 0 Å². The molecule has 0 N–H and O–H groups in total. The summed E-state index contributed by atoms with van der Waals surface area (Å²) in [6.45, 7) is 1.38. The van der Waals surface area contributed by atoms with Crippen LogP contribution in [0.15, 0.2) is 47.3 Å². The summed E-state index contributed by atoms with van der Waals surface area (Å²) in [5, 5.41) is 12.3. The van der Waals surface area contributed by atoms with E-state index < -0.39 is 4.92 Å². The molecule has 32 heavy (non-hydrogen) atoms. The molecule has 1 aromatic carbocycles. The average Bonchev–Trinajstić information content (AvgIpc) is 3.34. The maximum absolute atomic E-state index is 12.5. The standard InChI is InChI=1S/C20H18ClN5O6/c1-30-16-11-13(21)4-5-14(16)32-19-17(26(28)29)18(22-12-23-19)24-6-8-25(9-7-24)20(27)15-3-2-10-31-15/h2-5,10-12H,6-9H2,1H3. The average molecular weight is 460 g/mol. The number of anilines is 1. The van der Waals surface area contributed by atoms with Gasteiger partial charge in [-0.05, 0) is 24.3 Å². The van der Waals surface area contributed by atoms with Gasteiger partial charge in [0.2, 0.25) is 5.82 Å². The number of rotatable bonds is 6. The lowest BCUT2D eigenvalue weighted by molar-refractivity contribution is -0.385. The van der Waals surface area contributed by atoms with Crippen molar-refractivity contribution in [2.45, 2.75) is 0 Å². The van der Waals surface area contributed by atoms with E-state index in [2.05, 4.69) is 9.97 Å². The first-order chi connectivity index (χ1) is 15.5. The lowest BCUT2D eigenvalue weighted by Crippen LogP contribution is -2.49. The number of methoxy groups -OCH3 is 1. The highest BCUT2D eigenvalue weighted by Crippen LogP contribution is 2.39. The summed E-state index contributed by atoms with van der Waals surface area (Å²) in [5.74, 6) is 0.424. The van der Waals surface area contributed by atoms with E-state index >= 15 is 0 Å². The minimum absolute atomic E-state index is 0.109. The van der Waals surface area contributed by atoms with Gasteiger partial charge in [0.15, 0.2) is 17.3 Å². The monoisotopic (exact) mass is 459 g/mol. The molecule has 12 heteroatoms. The molecule has 0 spiro atoms. The highest BCUT2D eigenvalue weighted by atomic mass is 35.5. The van der Waals surface area contributed by atoms with E-state index in [4.69, 9.17) is 25.5 Å². The fourth-order valence-electron chi connectivity index (χ4n) is 3.33. The van der Waals surface area contributed by atoms with Crippen LogP contribution in [0.3, 0.4) is 0 Å². The van der Waals surface area contributed by atoms with Crippen molar-refractivity contribution in [2.75, 3.05) is 38.2 Å². The van der Waals surface area contributed by atoms with E-state index in [-0.39, 0.29) is 34.8 Å². The molecular weight excluding hydrogens is 442 g/mol. The van der Waals surface area contributed by atoms with Gasteiger partial charge in [0.05, 0.1) is 18.3 Å². The van der Waals surface area contributed by atoms with Crippen molar-refractivity contribution in [1.82, 2.24) is 14.9 Å². The minimum Gasteiger partial charge on any atom is -0.493 e. The second-order valence-electron chi connectivity index (χ2n) is 6.76. The molecule has 166 valence electrons. The summed E-state index contributed by atoms with van der Waals surface area (Å²) in [5.41, 5.74) is -0.379. The van der Waals surface area contributed by atoms with Crippen molar-refractivity contribution >= 4 is 29.0 Å². The van der Waals surface area contributed by atoms with Gasteiger partial charge in [0.1, 0.15) is 6.33 Å². The Morgan fingerprint density at radius 1 is 1.19 bits per heavy atom. The molecule has 0 aliphatic carbocycles. The van der Waals surface area contributed by atoms with Crippen LogP contribution in [0.5, 0.6) is 17.4 Å². The van der Waals surface area contributed by atoms with Crippen molar-refractivity contribution in [2.24, 2.45) is 0 Å². The van der Waals surface area contributed by atoms with E-state index in [0.717, 1.165) is 0 Å². The first-order valence-electron chi connectivity index (χ1n) is 9.56. The van der Waals surface area contributed by atoms with Gasteiger partial charge in [0.25, 0.3) is 5.91 Å². The molecule has 3 heterocycles. The van der Waals surface area contributed by atoms with Crippen molar-refractivity contribution in [3.8, 4) is 17.4 Å². The number of halogens is 1. The largest absolute Gasteiger partial charge is 0.493 e. The quantitative estimate of drug-likeness (QED) is 0.402. The molecule has 1 aliphatic heterocycles. The Morgan fingerprint density at radius 3 is 2.62 bits per heavy atom. The Bertz CT molecular complexity index is 1130. The minimum atomic E-state index is -0.590. The third-order valence-corrected chi connectivity index (χ3v) is 5.12. The van der Waals surface area contributed by atoms with Crippen LogP contribution in [0, 0.1) is 10.1 Å². The number of amides is 1. The summed E-state index contributed by atoms with van der Waals surface area (Å²) in [6, 6.07) is 7.87. The van der Waals surface area contributed by atoms with Gasteiger partial charge in [-0.2, -0.15) is 4.98 Å². The van der Waals surface area contributed by atoms with E-state index in [1.165, 1.54) is 31.8 Å². The molecule has 0 atom stereocenters. The summed E-state index contributed by atoms with van der Waals surface area (Å²) >= 11 is 5.96. The van der Waals surface area contributed by atoms with Crippen molar-refractivity contribution in [3.63, 3.8) is 0 Å². The normalized spacial score (nSPS) is 13.7. The highest BCUT2D eigenvalue weighted by Gasteiger charge is 2.32. The van der Waals surface area contributed by atoms with Crippen molar-refractivity contribution in [1.29, 1.82) is 0 Å². The molecule has 3 aromatic rings. The number of piperazine rings is 1. The number of furan rings is 1. The number of nitro groups is 1. The van der Waals surface area contributed by atoms with Crippen LogP contribution < -0.4 is 14.4 Å². The molecule has 0 unspecified atom stereocenters. The molecule has 0 saturated carbocycles. The Kier molecular flexibility index (Phi) is 6.08. The smallest absolute Gasteiger partial charge is 0.373 e. The predicted octanol–water partition coefficient (Wildman–Crippen LogP) is 3.39. The zero-order chi connectivity index (χ0) is 22.7. The molecule has 1 fully saturated rings. The molecule has 1 saturated heterocycles. The van der Waals surface area contributed by atoms with Crippen LogP contribution in [-0.2, 0) is 0 Å². The Balaban J connectivity index is 1.57. The summed E-state index contributed by atoms with van der Waals surface area (Å²) < 4.78 is 16.1. The van der Waals surface area contributed by atoms with E-state index in [1.54, 1.807) is 28.0 Å². The fraction of sp³-hybridized carbons (Fsp3) is 0.250. The first kappa shape index (κ1) is 21.4. The highest BCUT2D eigenvalue weighted by molar-refractivity contribution is 6.30. The number of ether oxygens (including phenoxy) is 2. The first-order valence-corrected chi connectivity index (χ1v) is 9.94. The lowest BCUT2D eigenvalue weighted by atomic mass is 10.2. The van der Waals surface area contributed by atoms with Gasteiger partial charge in [0, 0.05) is 37.3 Å². The molecule has 1 amide bonds. The number of hydrogen-bond acceptors (Lipinski definition) is 9. The molecule has 4 rings (SSSR count). The second-order valence-corrected chi connectivity index (χ2v) is 7.20. The molecular formula is C20H18ClN5O6. The van der Waals surface area contributed by atoms with Gasteiger partial charge >= 0.3 is 11.6 Å². The number of carbonyl (C=O) groups excluding carboxylic acids is 1. The van der Waals surface area contributed by atoms with Gasteiger partial charge in [-0.25, -0.2) is 4.98 Å². The Morgan fingerprint density at radius 2 is 1.97 bits per heavy atom. The van der Waals surface area contributed by atoms with Crippen LogP contribution in [0.2, 0.25) is 5.02 Å². The van der Waals surface area contributed by atoms with Gasteiger partial charge in [-0.1, -0.05) is 11.6 Å². The van der Waals surface area contributed by atoms with Crippen LogP contribution in [-0.4, -0.2) is 59.0 Å². The number of aromatic nitrogens is 2. The number of benzene rings is 1. The zero-order valence-corrected chi connectivity index (χ0v) is 17.7. The van der Waals surface area contributed by atoms with Crippen LogP contribution >= 0.6 is 11.6 Å². The maximum atomic E-state index is 12.5. The molecule has 2 aromatic heterocycles. The Labute approximate surface area is 187 Å². The molecule has 1 aliphatic rings. The topological polar surface area (TPSA) is 124 Å². The number of carbonyl (C=O) groups is 1. The fourth-order valence-corrected chi connectivity index (χ4v) is 3.49. The van der Waals surface area contributed by atoms with Crippen molar-refractivity contribution < 1.29 is 23.6 Å². The summed E-state index contributed by atoms with van der Waals surface area (Å²) in [7, 11) is 1.43. The lowest BCUT2D eigenvalue weighted by Gasteiger charge is -2.34. The Hall–Kier alpha value is -3.86. The summed E-state index contributed by atoms with van der Waals surface area (Å²) in [6.07, 6.45) is 2.63. The van der Waals surface area contributed by atoms with Crippen LogP contribution in [0.4, 0.5) is 11.5 Å².